The minimum Gasteiger partial charge on any atom is -0.352 e. The van der Waals surface area contributed by atoms with Gasteiger partial charge in [-0.15, -0.1) is 11.3 Å². The lowest BCUT2D eigenvalue weighted by Crippen LogP contribution is -2.27. The van der Waals surface area contributed by atoms with Gasteiger partial charge in [0.05, 0.1) is 0 Å². The fraction of sp³-hybridized carbons (Fsp3) is 0.267. The second-order valence-electron chi connectivity index (χ2n) is 4.66. The monoisotopic (exact) mass is 259 g/mol. The lowest BCUT2D eigenvalue weighted by atomic mass is 10.1. The topological polar surface area (TPSA) is 29.1 Å². The van der Waals surface area contributed by atoms with E-state index in [2.05, 4.69) is 30.6 Å². The van der Waals surface area contributed by atoms with Crippen LogP contribution in [0.4, 0.5) is 0 Å². The molecule has 1 amide bonds. The summed E-state index contributed by atoms with van der Waals surface area (Å²) in [5, 5.41) is 4.97. The Morgan fingerprint density at radius 2 is 1.94 bits per heavy atom. The highest BCUT2D eigenvalue weighted by Crippen LogP contribution is 2.24. The van der Waals surface area contributed by atoms with Gasteiger partial charge in [0.15, 0.2) is 0 Å². The predicted octanol–water partition coefficient (Wildman–Crippen LogP) is 3.80. The maximum Gasteiger partial charge on any atom is 0.251 e. The van der Waals surface area contributed by atoms with Crippen LogP contribution >= 0.6 is 11.3 Å². The van der Waals surface area contributed by atoms with E-state index in [0.717, 1.165) is 11.1 Å². The van der Waals surface area contributed by atoms with Gasteiger partial charge in [-0.1, -0.05) is 32.0 Å². The van der Waals surface area contributed by atoms with Crippen LogP contribution in [0.2, 0.25) is 0 Å². The molecule has 0 saturated heterocycles. The minimum atomic E-state index is 0.00132. The molecule has 3 heteroatoms. The van der Waals surface area contributed by atoms with Crippen LogP contribution in [-0.4, -0.2) is 12.5 Å². The van der Waals surface area contributed by atoms with Crippen LogP contribution in [0, 0.1) is 5.92 Å². The largest absolute Gasteiger partial charge is 0.352 e. The predicted molar refractivity (Wildman–Crippen MR) is 76.9 cm³/mol. The molecule has 0 fully saturated rings. The van der Waals surface area contributed by atoms with Gasteiger partial charge in [-0.2, -0.15) is 0 Å². The molecule has 0 saturated carbocycles. The first-order valence-electron chi connectivity index (χ1n) is 6.09. The zero-order valence-corrected chi connectivity index (χ0v) is 11.5. The highest BCUT2D eigenvalue weighted by Gasteiger charge is 2.06. The smallest absolute Gasteiger partial charge is 0.251 e. The van der Waals surface area contributed by atoms with Gasteiger partial charge in [0.2, 0.25) is 0 Å². The lowest BCUT2D eigenvalue weighted by Gasteiger charge is -2.07. The van der Waals surface area contributed by atoms with Crippen molar-refractivity contribution in [1.82, 2.24) is 5.32 Å². The summed E-state index contributed by atoms with van der Waals surface area (Å²) in [6.45, 7) is 4.88. The molecule has 0 spiro atoms. The van der Waals surface area contributed by atoms with Crippen molar-refractivity contribution in [3.63, 3.8) is 0 Å². The lowest BCUT2D eigenvalue weighted by molar-refractivity contribution is 0.0949. The second-order valence-corrected chi connectivity index (χ2v) is 5.61. The van der Waals surface area contributed by atoms with Crippen molar-refractivity contribution in [2.24, 2.45) is 5.92 Å². The van der Waals surface area contributed by atoms with E-state index in [4.69, 9.17) is 0 Å². The number of carbonyl (C=O) groups excluding carboxylic acids is 1. The van der Waals surface area contributed by atoms with E-state index in [1.54, 1.807) is 11.3 Å². The van der Waals surface area contributed by atoms with Gasteiger partial charge < -0.3 is 5.32 Å². The SMILES string of the molecule is CC(C)CNC(=O)c1ccc(-c2cccs2)cc1. The number of amides is 1. The molecule has 1 heterocycles. The highest BCUT2D eigenvalue weighted by atomic mass is 32.1. The summed E-state index contributed by atoms with van der Waals surface area (Å²) in [5.41, 5.74) is 1.88. The summed E-state index contributed by atoms with van der Waals surface area (Å²) in [7, 11) is 0. The second kappa shape index (κ2) is 5.83. The molecule has 2 aromatic rings. The first-order chi connectivity index (χ1) is 8.66. The van der Waals surface area contributed by atoms with Gasteiger partial charge in [0, 0.05) is 17.0 Å². The van der Waals surface area contributed by atoms with Gasteiger partial charge in [0.1, 0.15) is 0 Å². The summed E-state index contributed by atoms with van der Waals surface area (Å²) in [6.07, 6.45) is 0. The van der Waals surface area contributed by atoms with Gasteiger partial charge >= 0.3 is 0 Å². The quantitative estimate of drug-likeness (QED) is 0.889. The van der Waals surface area contributed by atoms with E-state index < -0.39 is 0 Å². The Balaban J connectivity index is 2.06. The zero-order chi connectivity index (χ0) is 13.0. The molecule has 0 unspecified atom stereocenters. The van der Waals surface area contributed by atoms with Crippen molar-refractivity contribution in [1.29, 1.82) is 0 Å². The average molecular weight is 259 g/mol. The van der Waals surface area contributed by atoms with E-state index >= 15 is 0 Å². The molecule has 0 atom stereocenters. The third-order valence-corrected chi connectivity index (χ3v) is 3.54. The van der Waals surface area contributed by atoms with Crippen LogP contribution in [0.25, 0.3) is 10.4 Å². The molecule has 0 aliphatic rings. The number of rotatable bonds is 4. The van der Waals surface area contributed by atoms with Crippen molar-refractivity contribution < 1.29 is 4.79 Å². The summed E-state index contributed by atoms with van der Waals surface area (Å²) in [6, 6.07) is 11.9. The Kier molecular flexibility index (Phi) is 4.15. The van der Waals surface area contributed by atoms with E-state index in [0.29, 0.717) is 12.5 Å². The number of hydrogen-bond acceptors (Lipinski definition) is 2. The zero-order valence-electron chi connectivity index (χ0n) is 10.6. The number of thiophene rings is 1. The first kappa shape index (κ1) is 12.8. The van der Waals surface area contributed by atoms with E-state index in [1.807, 2.05) is 30.3 Å². The van der Waals surface area contributed by atoms with Crippen molar-refractivity contribution in [3.8, 4) is 10.4 Å². The van der Waals surface area contributed by atoms with Crippen molar-refractivity contribution in [3.05, 3.63) is 47.3 Å². The summed E-state index contributed by atoms with van der Waals surface area (Å²) >= 11 is 1.70. The molecule has 0 radical (unpaired) electrons. The van der Waals surface area contributed by atoms with Crippen LogP contribution in [0.1, 0.15) is 24.2 Å². The molecule has 1 aromatic carbocycles. The Hall–Kier alpha value is -1.61. The first-order valence-corrected chi connectivity index (χ1v) is 6.97. The van der Waals surface area contributed by atoms with Crippen LogP contribution < -0.4 is 5.32 Å². The molecule has 0 aliphatic carbocycles. The summed E-state index contributed by atoms with van der Waals surface area (Å²) < 4.78 is 0. The average Bonchev–Trinajstić information content (AvgIpc) is 2.90. The summed E-state index contributed by atoms with van der Waals surface area (Å²) in [4.78, 5) is 13.1. The Bertz CT molecular complexity index is 500. The van der Waals surface area contributed by atoms with Crippen LogP contribution in [-0.2, 0) is 0 Å². The van der Waals surface area contributed by atoms with E-state index in [-0.39, 0.29) is 5.91 Å². The highest BCUT2D eigenvalue weighted by molar-refractivity contribution is 7.13. The van der Waals surface area contributed by atoms with Gasteiger partial charge in [0.25, 0.3) is 5.91 Å². The van der Waals surface area contributed by atoms with Gasteiger partial charge in [-0.05, 0) is 35.1 Å². The number of nitrogens with one attached hydrogen (secondary N) is 1. The Morgan fingerprint density at radius 1 is 1.22 bits per heavy atom. The molecule has 1 aromatic heterocycles. The van der Waals surface area contributed by atoms with Crippen LogP contribution in [0.5, 0.6) is 0 Å². The van der Waals surface area contributed by atoms with E-state index in [9.17, 15) is 4.79 Å². The third kappa shape index (κ3) is 3.20. The summed E-state index contributed by atoms with van der Waals surface area (Å²) in [5.74, 6) is 0.473. The minimum absolute atomic E-state index is 0.00132. The molecule has 2 nitrogen and oxygen atoms in total. The maximum atomic E-state index is 11.8. The fourth-order valence-corrected chi connectivity index (χ4v) is 2.36. The molecule has 1 N–H and O–H groups in total. The normalized spacial score (nSPS) is 10.6. The molecule has 0 aliphatic heterocycles. The maximum absolute atomic E-state index is 11.8. The molecule has 0 bridgehead atoms. The van der Waals surface area contributed by atoms with E-state index in [1.165, 1.54) is 4.88 Å². The number of benzene rings is 1. The van der Waals surface area contributed by atoms with Crippen LogP contribution in [0.3, 0.4) is 0 Å². The molecule has 2 rings (SSSR count). The number of hydrogen-bond donors (Lipinski definition) is 1. The third-order valence-electron chi connectivity index (χ3n) is 2.62. The Morgan fingerprint density at radius 3 is 2.50 bits per heavy atom. The molecular formula is C15H17NOS. The molecular weight excluding hydrogens is 242 g/mol. The molecule has 18 heavy (non-hydrogen) atoms. The van der Waals surface area contributed by atoms with Gasteiger partial charge in [-0.3, -0.25) is 4.79 Å². The Labute approximate surface area is 112 Å². The fourth-order valence-electron chi connectivity index (χ4n) is 1.63. The van der Waals surface area contributed by atoms with Crippen LogP contribution in [0.15, 0.2) is 41.8 Å². The van der Waals surface area contributed by atoms with Crippen molar-refractivity contribution in [2.75, 3.05) is 6.54 Å². The van der Waals surface area contributed by atoms with Crippen molar-refractivity contribution in [2.45, 2.75) is 13.8 Å². The molecule has 94 valence electrons. The van der Waals surface area contributed by atoms with Gasteiger partial charge in [-0.25, -0.2) is 0 Å². The standard InChI is InChI=1S/C15H17NOS/c1-11(2)10-16-15(17)13-7-5-12(6-8-13)14-4-3-9-18-14/h3-9,11H,10H2,1-2H3,(H,16,17). The van der Waals surface area contributed by atoms with Crippen molar-refractivity contribution >= 4 is 17.2 Å². The number of carbonyl (C=O) groups is 1.